The molecule has 2 aliphatic rings. The molecule has 4 aromatic rings. The maximum absolute atomic E-state index is 13.2. The molecular weight excluding hydrogens is 527 g/mol. The van der Waals surface area contributed by atoms with Gasteiger partial charge in [-0.3, -0.25) is 4.79 Å². The summed E-state index contributed by atoms with van der Waals surface area (Å²) in [4.78, 5) is 31.3. The second kappa shape index (κ2) is 11.0. The molecule has 11 heteroatoms. The minimum atomic E-state index is -0.684. The van der Waals surface area contributed by atoms with Gasteiger partial charge in [-0.05, 0) is 55.0 Å². The fourth-order valence-electron chi connectivity index (χ4n) is 5.65. The van der Waals surface area contributed by atoms with Gasteiger partial charge in [-0.15, -0.1) is 0 Å². The number of ether oxygens (including phenoxy) is 2. The number of fused-ring (bicyclic) bond motifs is 3. The van der Waals surface area contributed by atoms with E-state index in [1.54, 1.807) is 4.90 Å². The number of carbonyl (C=O) groups is 2. The second-order valence-corrected chi connectivity index (χ2v) is 10.9. The van der Waals surface area contributed by atoms with E-state index < -0.39 is 18.8 Å². The monoisotopic (exact) mass is 562 g/mol. The summed E-state index contributed by atoms with van der Waals surface area (Å²) < 4.78 is 28.6. The number of aryl methyl sites for hydroxylation is 1. The summed E-state index contributed by atoms with van der Waals surface area (Å²) in [6.45, 7) is 1.26. The van der Waals surface area contributed by atoms with Crippen LogP contribution in [-0.4, -0.2) is 77.1 Å². The molecule has 1 aliphatic heterocycles. The van der Waals surface area contributed by atoms with Crippen LogP contribution in [0.2, 0.25) is 0 Å². The van der Waals surface area contributed by atoms with Crippen LogP contribution in [0.1, 0.15) is 28.8 Å². The highest BCUT2D eigenvalue weighted by molar-refractivity contribution is 6.01. The maximum atomic E-state index is 13.2. The van der Waals surface area contributed by atoms with E-state index in [1.165, 1.54) is 19.9 Å². The molecule has 2 aromatic carbocycles. The Labute approximate surface area is 237 Å². The van der Waals surface area contributed by atoms with E-state index in [9.17, 15) is 14.0 Å². The molecule has 1 fully saturated rings. The Morgan fingerprint density at radius 2 is 2.07 bits per heavy atom. The van der Waals surface area contributed by atoms with Crippen LogP contribution in [0.4, 0.5) is 9.18 Å². The summed E-state index contributed by atoms with van der Waals surface area (Å²) in [6.07, 6.45) is 2.56. The number of amides is 2. The molecule has 3 N–H and O–H groups in total. The Morgan fingerprint density at radius 3 is 2.83 bits per heavy atom. The van der Waals surface area contributed by atoms with E-state index in [2.05, 4.69) is 32.7 Å². The van der Waals surface area contributed by atoms with Crippen molar-refractivity contribution in [2.75, 3.05) is 40.0 Å². The molecule has 216 valence electrons. The van der Waals surface area contributed by atoms with Crippen LogP contribution in [-0.2, 0) is 24.8 Å². The Hall–Kier alpha value is -4.12. The van der Waals surface area contributed by atoms with Gasteiger partial charge in [-0.2, -0.15) is 0 Å². The highest BCUT2D eigenvalue weighted by atomic mass is 19.1. The Balaban J connectivity index is 1.37. The van der Waals surface area contributed by atoms with Crippen LogP contribution in [0.15, 0.2) is 36.4 Å². The largest absolute Gasteiger partial charge is 0.488 e. The number of rotatable bonds is 10. The number of imidazole rings is 1. The zero-order valence-electron chi connectivity index (χ0n) is 23.4. The molecule has 0 spiro atoms. The summed E-state index contributed by atoms with van der Waals surface area (Å²) in [7, 11) is 3.52. The predicted octanol–water partition coefficient (Wildman–Crippen LogP) is 3.63. The van der Waals surface area contributed by atoms with Crippen LogP contribution in [0.3, 0.4) is 0 Å². The SMILES string of the molecule is CNC(=O)OCCOc1cccc2cc(-c3nc4cc5c(cc4n3C)CCN(CC(N)CF)C5=O)n(CC3CC3)c12. The quantitative estimate of drug-likeness (QED) is 0.285. The predicted molar refractivity (Wildman–Crippen MR) is 154 cm³/mol. The molecule has 2 amide bonds. The van der Waals surface area contributed by atoms with E-state index in [4.69, 9.17) is 20.2 Å². The molecule has 1 aliphatic carbocycles. The maximum Gasteiger partial charge on any atom is 0.406 e. The normalized spacial score (nSPS) is 15.8. The third-order valence-corrected chi connectivity index (χ3v) is 7.96. The average molecular weight is 563 g/mol. The number of hydrogen-bond acceptors (Lipinski definition) is 6. The number of aromatic nitrogens is 3. The minimum Gasteiger partial charge on any atom is -0.488 e. The highest BCUT2D eigenvalue weighted by Gasteiger charge is 2.29. The van der Waals surface area contributed by atoms with Crippen molar-refractivity contribution < 1.29 is 23.5 Å². The van der Waals surface area contributed by atoms with Crippen LogP contribution in [0.5, 0.6) is 5.75 Å². The third kappa shape index (κ3) is 5.21. The summed E-state index contributed by atoms with van der Waals surface area (Å²) >= 11 is 0. The molecule has 41 heavy (non-hydrogen) atoms. The number of nitrogens with zero attached hydrogens (tertiary/aromatic N) is 4. The molecule has 10 nitrogen and oxygen atoms in total. The van der Waals surface area contributed by atoms with Gasteiger partial charge in [0.1, 0.15) is 25.6 Å². The zero-order chi connectivity index (χ0) is 28.7. The van der Waals surface area contributed by atoms with Gasteiger partial charge in [0.15, 0.2) is 5.82 Å². The first-order valence-corrected chi connectivity index (χ1v) is 14.1. The standard InChI is InChI=1S/C30H35FN6O4/c1-33-30(39)41-11-10-40-26-5-3-4-20-13-25(37(27(20)26)16-18-6-7-18)28-34-23-14-22-19(12-24(23)35(28)2)8-9-36(29(22)38)17-21(32)15-31/h3-5,12-14,18,21H,6-11,15-17,32H2,1-2H3,(H,33,39). The highest BCUT2D eigenvalue weighted by Crippen LogP contribution is 2.39. The van der Waals surface area contributed by atoms with Crippen molar-refractivity contribution in [3.05, 3.63) is 47.5 Å². The van der Waals surface area contributed by atoms with Crippen molar-refractivity contribution >= 4 is 33.9 Å². The smallest absolute Gasteiger partial charge is 0.406 e. The fraction of sp³-hybridized carbons (Fsp3) is 0.433. The summed E-state index contributed by atoms with van der Waals surface area (Å²) in [5.41, 5.74) is 11.0. The first-order chi connectivity index (χ1) is 19.9. The molecule has 6 rings (SSSR count). The number of para-hydroxylation sites is 1. The lowest BCUT2D eigenvalue weighted by molar-refractivity contribution is 0.0725. The average Bonchev–Trinajstić information content (AvgIpc) is 3.65. The lowest BCUT2D eigenvalue weighted by atomic mass is 9.97. The number of alkyl carbamates (subject to hydrolysis) is 1. The van der Waals surface area contributed by atoms with Gasteiger partial charge in [0.05, 0.1) is 28.3 Å². The van der Waals surface area contributed by atoms with Crippen molar-refractivity contribution in [1.29, 1.82) is 0 Å². The van der Waals surface area contributed by atoms with Crippen LogP contribution >= 0.6 is 0 Å². The van der Waals surface area contributed by atoms with Crippen molar-refractivity contribution in [2.45, 2.75) is 31.8 Å². The Kier molecular flexibility index (Phi) is 7.29. The Bertz CT molecular complexity index is 1620. The number of benzene rings is 2. The molecule has 0 radical (unpaired) electrons. The lowest BCUT2D eigenvalue weighted by Crippen LogP contribution is -2.45. The van der Waals surface area contributed by atoms with E-state index in [0.29, 0.717) is 24.4 Å². The first kappa shape index (κ1) is 27.1. The summed E-state index contributed by atoms with van der Waals surface area (Å²) in [5, 5.41) is 3.46. The Morgan fingerprint density at radius 1 is 1.24 bits per heavy atom. The molecule has 2 aromatic heterocycles. The van der Waals surface area contributed by atoms with Crippen LogP contribution in [0, 0.1) is 5.92 Å². The fourth-order valence-corrected chi connectivity index (χ4v) is 5.65. The molecular formula is C30H35FN6O4. The van der Waals surface area contributed by atoms with Crippen molar-refractivity contribution in [2.24, 2.45) is 18.7 Å². The van der Waals surface area contributed by atoms with Gasteiger partial charge in [-0.25, -0.2) is 14.2 Å². The van der Waals surface area contributed by atoms with E-state index >= 15 is 0 Å². The van der Waals surface area contributed by atoms with E-state index in [0.717, 1.165) is 51.3 Å². The molecule has 1 unspecified atom stereocenters. The molecule has 0 bridgehead atoms. The number of nitrogens with one attached hydrogen (secondary N) is 1. The van der Waals surface area contributed by atoms with Crippen molar-refractivity contribution in [1.82, 2.24) is 24.3 Å². The van der Waals surface area contributed by atoms with Gasteiger partial charge in [0.25, 0.3) is 5.91 Å². The van der Waals surface area contributed by atoms with E-state index in [1.807, 2.05) is 25.2 Å². The van der Waals surface area contributed by atoms with Gasteiger partial charge in [0.2, 0.25) is 0 Å². The van der Waals surface area contributed by atoms with Crippen molar-refractivity contribution in [3.63, 3.8) is 0 Å². The van der Waals surface area contributed by atoms with Gasteiger partial charge in [-0.1, -0.05) is 12.1 Å². The van der Waals surface area contributed by atoms with Crippen molar-refractivity contribution in [3.8, 4) is 17.3 Å². The van der Waals surface area contributed by atoms with Gasteiger partial charge in [0, 0.05) is 44.7 Å². The second-order valence-electron chi connectivity index (χ2n) is 10.9. The molecule has 1 atom stereocenters. The van der Waals surface area contributed by atoms with E-state index in [-0.39, 0.29) is 25.7 Å². The summed E-state index contributed by atoms with van der Waals surface area (Å²) in [6, 6.07) is 11.3. The summed E-state index contributed by atoms with van der Waals surface area (Å²) in [5.74, 6) is 1.99. The zero-order valence-corrected chi connectivity index (χ0v) is 23.4. The number of alkyl halides is 1. The lowest BCUT2D eigenvalue weighted by Gasteiger charge is -2.30. The number of nitrogens with two attached hydrogens (primary N) is 1. The molecule has 1 saturated carbocycles. The first-order valence-electron chi connectivity index (χ1n) is 14.1. The van der Waals surface area contributed by atoms with Crippen LogP contribution in [0.25, 0.3) is 33.5 Å². The van der Waals surface area contributed by atoms with Crippen LogP contribution < -0.4 is 15.8 Å². The number of hydrogen-bond donors (Lipinski definition) is 2. The third-order valence-electron chi connectivity index (χ3n) is 7.96. The number of halogens is 1. The topological polar surface area (TPSA) is 117 Å². The molecule has 3 heterocycles. The van der Waals surface area contributed by atoms with Gasteiger partial charge < -0.3 is 34.6 Å². The van der Waals surface area contributed by atoms with Gasteiger partial charge >= 0.3 is 6.09 Å². The molecule has 0 saturated heterocycles. The minimum absolute atomic E-state index is 0.130. The number of carbonyl (C=O) groups excluding carboxylic acids is 2.